The van der Waals surface area contributed by atoms with Gasteiger partial charge in [0.1, 0.15) is 11.8 Å². The molecule has 4 saturated carbocycles. The second kappa shape index (κ2) is 28.9. The first-order chi connectivity index (χ1) is 38.1. The molecule has 0 spiro atoms. The van der Waals surface area contributed by atoms with Crippen LogP contribution in [-0.2, 0) is 14.8 Å². The Bertz CT molecular complexity index is 2650. The molecular weight excluding hydrogens is 1130 g/mol. The summed E-state index contributed by atoms with van der Waals surface area (Å²) < 4.78 is 118. The molecule has 0 saturated heterocycles. The summed E-state index contributed by atoms with van der Waals surface area (Å²) in [6.07, 6.45) is 11.5. The summed E-state index contributed by atoms with van der Waals surface area (Å²) in [5, 5.41) is 0. The van der Waals surface area contributed by atoms with Crippen molar-refractivity contribution in [3.63, 3.8) is 0 Å². The summed E-state index contributed by atoms with van der Waals surface area (Å²) in [6.45, 7) is 6.08. The maximum Gasteiger partial charge on any atom is 0.262 e. The Balaban J connectivity index is 0.000000189. The van der Waals surface area contributed by atoms with Gasteiger partial charge in [0, 0.05) is 85.9 Å². The predicted molar refractivity (Wildman–Crippen MR) is 296 cm³/mol. The molecule has 0 aromatic heterocycles. The van der Waals surface area contributed by atoms with Gasteiger partial charge in [0.15, 0.2) is 0 Å². The number of carbonyl (C=O) groups excluding carboxylic acids is 7. The largest absolute Gasteiger partial charge is 0.299 e. The molecule has 23 heteroatoms. The topological polar surface area (TPSA) is 175 Å². The summed E-state index contributed by atoms with van der Waals surface area (Å²) in [7, 11) is -3.37. The van der Waals surface area contributed by atoms with E-state index in [0.717, 1.165) is 46.6 Å². The van der Waals surface area contributed by atoms with Crippen LogP contribution >= 0.6 is 23.7 Å². The highest BCUT2D eigenvalue weighted by atomic mass is 35.5. The van der Waals surface area contributed by atoms with Crippen LogP contribution in [0.25, 0.3) is 0 Å². The third kappa shape index (κ3) is 16.1. The number of nitrogens with one attached hydrogen (secondary N) is 1. The van der Waals surface area contributed by atoms with Gasteiger partial charge < -0.3 is 0 Å². The van der Waals surface area contributed by atoms with E-state index in [1.807, 2.05) is 6.92 Å². The number of rotatable bonds is 8. The number of benzene rings is 3. The minimum absolute atomic E-state index is 0.0909. The number of sulfonamides is 1. The van der Waals surface area contributed by atoms with Crippen molar-refractivity contribution in [1.29, 1.82) is 0 Å². The van der Waals surface area contributed by atoms with Gasteiger partial charge in [0.2, 0.25) is 10.0 Å². The third-order valence-electron chi connectivity index (χ3n) is 16.2. The Kier molecular flexibility index (Phi) is 23.7. The zero-order valence-corrected chi connectivity index (χ0v) is 48.7. The van der Waals surface area contributed by atoms with Gasteiger partial charge in [-0.2, -0.15) is 3.89 Å². The van der Waals surface area contributed by atoms with Crippen molar-refractivity contribution >= 4 is 75.0 Å². The van der Waals surface area contributed by atoms with Gasteiger partial charge in [0.05, 0.1) is 39.6 Å². The molecule has 4 aliphatic carbocycles. The molecule has 0 radical (unpaired) electrons. The number of nitrogens with zero attached hydrogens (tertiary/aromatic N) is 3. The minimum Gasteiger partial charge on any atom is -0.299 e. The van der Waals surface area contributed by atoms with Crippen LogP contribution in [-0.4, -0.2) is 120 Å². The molecule has 446 valence electrons. The van der Waals surface area contributed by atoms with Gasteiger partial charge in [-0.1, -0.05) is 89.8 Å². The minimum atomic E-state index is -3.37. The van der Waals surface area contributed by atoms with E-state index >= 15 is 0 Å². The highest BCUT2D eigenvalue weighted by Gasteiger charge is 2.51. The van der Waals surface area contributed by atoms with E-state index in [1.54, 1.807) is 72.8 Å². The lowest BCUT2D eigenvalue weighted by molar-refractivity contribution is -0.128. The van der Waals surface area contributed by atoms with Gasteiger partial charge in [-0.3, -0.25) is 48.3 Å². The van der Waals surface area contributed by atoms with Crippen molar-refractivity contribution in [3.05, 3.63) is 106 Å². The molecule has 3 unspecified atom stereocenters. The first-order valence-electron chi connectivity index (χ1n) is 27.2. The van der Waals surface area contributed by atoms with Gasteiger partial charge in [-0.25, -0.2) is 39.5 Å². The molecule has 3 aromatic carbocycles. The predicted octanol–water partition coefficient (Wildman–Crippen LogP) is 12.8. The van der Waals surface area contributed by atoms with Crippen molar-refractivity contribution in [2.75, 3.05) is 38.1 Å². The second-order valence-corrected chi connectivity index (χ2v) is 24.1. The number of hydrogen-bond donors (Lipinski definition) is 1. The number of carbonyl (C=O) groups is 7. The molecule has 3 aliphatic heterocycles. The number of alkyl halides is 7. The molecule has 3 aromatic rings. The quantitative estimate of drug-likeness (QED) is 0.0989. The lowest BCUT2D eigenvalue weighted by atomic mass is 9.78. The Morgan fingerprint density at radius 3 is 1.07 bits per heavy atom. The molecule has 1 N–H and O–H groups in total. The number of fused-ring (bicyclic) bond motifs is 3. The summed E-state index contributed by atoms with van der Waals surface area (Å²) in [5.41, 5.74) is 2.13. The molecule has 13 nitrogen and oxygen atoms in total. The molecule has 3 heterocycles. The fourth-order valence-corrected chi connectivity index (χ4v) is 11.8. The highest BCUT2D eigenvalue weighted by molar-refractivity contribution is 7.93. The average molecular weight is 1200 g/mol. The van der Waals surface area contributed by atoms with Crippen LogP contribution in [0.15, 0.2) is 72.8 Å². The fraction of sp³-hybridized carbons (Fsp3) is 0.569. The smallest absolute Gasteiger partial charge is 0.262 e. The molecule has 81 heavy (non-hydrogen) atoms. The number of amides is 6. The zero-order chi connectivity index (χ0) is 60.2. The third-order valence-corrected chi connectivity index (χ3v) is 17.1. The van der Waals surface area contributed by atoms with Crippen molar-refractivity contribution in [2.45, 2.75) is 129 Å². The van der Waals surface area contributed by atoms with Crippen LogP contribution in [0.3, 0.4) is 0 Å². The SMILES string of the molecule is CC1CCCC(CN2C(=O)c3ccccc3C2=O)C1(F)F.CC1CCCCC1=O.CSF.C[C@H]1CCC[C@@H](CN2C(=O)c3ccccc3C2=O)C1(F)F.C[C@H]1CCC[C@@H](CNS(C)(=O)=O)C1(F)F.O=C1c2ccccc2C(=O)N1CCl. The maximum atomic E-state index is 14.2. The fourth-order valence-electron chi connectivity index (χ4n) is 11.0. The molecule has 7 atom stereocenters. The van der Waals surface area contributed by atoms with E-state index in [9.17, 15) is 72.2 Å². The molecule has 10 rings (SSSR count). The molecule has 4 fully saturated rings. The summed E-state index contributed by atoms with van der Waals surface area (Å²) in [4.78, 5) is 85.6. The Morgan fingerprint density at radius 1 is 0.506 bits per heavy atom. The van der Waals surface area contributed by atoms with Crippen molar-refractivity contribution < 1.29 is 72.2 Å². The number of hydrogen-bond acceptors (Lipinski definition) is 10. The number of halogens is 8. The van der Waals surface area contributed by atoms with Crippen LogP contribution < -0.4 is 4.72 Å². The van der Waals surface area contributed by atoms with Crippen LogP contribution in [0.4, 0.5) is 30.2 Å². The first kappa shape index (κ1) is 66.6. The normalized spacial score (nSPS) is 25.9. The van der Waals surface area contributed by atoms with Crippen LogP contribution in [0, 0.1) is 41.4 Å². The molecule has 0 bridgehead atoms. The van der Waals surface area contributed by atoms with E-state index in [2.05, 4.69) is 4.72 Å². The zero-order valence-electron chi connectivity index (χ0n) is 46.3. The van der Waals surface area contributed by atoms with E-state index in [-0.39, 0.29) is 49.6 Å². The first-order valence-corrected chi connectivity index (χ1v) is 30.8. The van der Waals surface area contributed by atoms with Gasteiger partial charge >= 0.3 is 0 Å². The molecule has 7 aliphatic rings. The highest BCUT2D eigenvalue weighted by Crippen LogP contribution is 2.46. The summed E-state index contributed by atoms with van der Waals surface area (Å²) in [6, 6.07) is 19.6. The van der Waals surface area contributed by atoms with Crippen LogP contribution in [0.1, 0.15) is 173 Å². The van der Waals surface area contributed by atoms with Gasteiger partial charge in [0.25, 0.3) is 53.2 Å². The maximum absolute atomic E-state index is 14.2. The van der Waals surface area contributed by atoms with Crippen LogP contribution in [0.2, 0.25) is 0 Å². The monoisotopic (exact) mass is 1200 g/mol. The Hall–Kier alpha value is -5.19. The average Bonchev–Trinajstić information content (AvgIpc) is 4.00. The van der Waals surface area contributed by atoms with Crippen molar-refractivity contribution in [2.24, 2.45) is 41.4 Å². The van der Waals surface area contributed by atoms with Crippen molar-refractivity contribution in [1.82, 2.24) is 19.4 Å². The molecular formula is C58H72ClF7N4O9S2. The standard InChI is InChI=1S/2C16H17F2NO2.C9H6ClNO2.C9H17F2NO2S.C7H12O.CH3FS/c2*1-10-5-4-6-11(16(10,17)18)9-19-14(20)12-7-2-3-8-13(12)15(19)21;10-5-11-8(12)6-3-1-2-4-7(6)9(11)13;1-7-4-3-5-8(9(7,10)11)6-12-15(2,13)14;1-6-4-2-3-5-7(6)8;1-3-2/h2*2-3,7-8,10-11H,4-6,9H2,1H3;1-4H,5H2;7-8,12H,3-6H2,1-2H3;6H,2-5H2,1H3;1H3/t10-,11-;;;7-,8-;;/m0..0../s1. The number of ketones is 1. The molecule has 6 amide bonds. The lowest BCUT2D eigenvalue weighted by Crippen LogP contribution is -2.46. The Morgan fingerprint density at radius 2 is 0.802 bits per heavy atom. The van der Waals surface area contributed by atoms with E-state index in [0.29, 0.717) is 96.4 Å². The van der Waals surface area contributed by atoms with Gasteiger partial charge in [-0.15, -0.1) is 11.6 Å². The van der Waals surface area contributed by atoms with E-state index in [1.165, 1.54) is 33.4 Å². The number of imide groups is 3. The summed E-state index contributed by atoms with van der Waals surface area (Å²) >= 11 is 5.72. The van der Waals surface area contributed by atoms with E-state index in [4.69, 9.17) is 11.6 Å². The van der Waals surface area contributed by atoms with Gasteiger partial charge in [-0.05, 0) is 87.8 Å². The summed E-state index contributed by atoms with van der Waals surface area (Å²) in [5.74, 6) is -14.8. The van der Waals surface area contributed by atoms with Crippen LogP contribution in [0.5, 0.6) is 0 Å². The number of Topliss-reactive ketones (excluding diaryl/α,β-unsaturated/α-hetero) is 1. The second-order valence-electron chi connectivity index (χ2n) is 21.7. The Labute approximate surface area is 479 Å². The van der Waals surface area contributed by atoms with E-state index < -0.39 is 86.9 Å². The van der Waals surface area contributed by atoms with Crippen molar-refractivity contribution in [3.8, 4) is 0 Å². The lowest BCUT2D eigenvalue weighted by Gasteiger charge is -2.37.